The molecule has 13 nitrogen and oxygen atoms in total. The van der Waals surface area contributed by atoms with Crippen molar-refractivity contribution in [3.05, 3.63) is 96.0 Å². The van der Waals surface area contributed by atoms with E-state index in [2.05, 4.69) is 0 Å². The molecule has 2 bridgehead atoms. The lowest BCUT2D eigenvalue weighted by atomic mass is 9.89. The standard InChI is InChI=1S/C36H24ClF3N4O9/c1-3-13(4-2)41-32(49)22-23(33(41)50)27-25-24(26(22)53-27)34(51)44(35(25)52)43-30(47)16-8-6-14-20-15(7-9-17(21(16)20)31(43)48)29(46)42(28(14)45)19-11-12(36(38,39)40)5-10-18(19)37/h5-11,13,26-27,45,48-50H,3-4H2,1-2H3. The summed E-state index contributed by atoms with van der Waals surface area (Å²) in [7, 11) is 0. The van der Waals surface area contributed by atoms with Crippen LogP contribution >= 0.6 is 11.6 Å². The largest absolute Gasteiger partial charge is 0.494 e. The predicted molar refractivity (Wildman–Crippen MR) is 183 cm³/mol. The fraction of sp³-hybridized carbons (Fsp3) is 0.222. The van der Waals surface area contributed by atoms with E-state index in [1.165, 1.54) is 28.8 Å². The average Bonchev–Trinajstić information content (AvgIpc) is 3.83. The van der Waals surface area contributed by atoms with Crippen LogP contribution in [-0.2, 0) is 20.5 Å². The van der Waals surface area contributed by atoms with Crippen LogP contribution in [0.25, 0.3) is 38.0 Å². The Balaban J connectivity index is 1.20. The van der Waals surface area contributed by atoms with Gasteiger partial charge in [-0.05, 0) is 55.3 Å². The normalized spacial score (nSPS) is 18.3. The fourth-order valence-electron chi connectivity index (χ4n) is 8.21. The zero-order valence-corrected chi connectivity index (χ0v) is 28.1. The molecule has 6 aromatic rings. The number of imide groups is 1. The van der Waals surface area contributed by atoms with Gasteiger partial charge in [0.2, 0.25) is 23.5 Å². The van der Waals surface area contributed by atoms with Gasteiger partial charge in [0.05, 0.1) is 43.9 Å². The smallest absolute Gasteiger partial charge is 0.416 e. The van der Waals surface area contributed by atoms with Crippen molar-refractivity contribution in [2.24, 2.45) is 0 Å². The molecule has 9 rings (SSSR count). The molecule has 2 amide bonds. The van der Waals surface area contributed by atoms with Gasteiger partial charge in [-0.1, -0.05) is 25.4 Å². The van der Waals surface area contributed by atoms with Gasteiger partial charge in [-0.2, -0.15) is 22.9 Å². The number of aromatic nitrogens is 3. The summed E-state index contributed by atoms with van der Waals surface area (Å²) in [5.74, 6) is -4.33. The van der Waals surface area contributed by atoms with E-state index >= 15 is 0 Å². The second kappa shape index (κ2) is 10.5. The Morgan fingerprint density at radius 1 is 0.736 bits per heavy atom. The van der Waals surface area contributed by atoms with Gasteiger partial charge in [0.15, 0.2) is 0 Å². The third-order valence-electron chi connectivity index (χ3n) is 10.6. The molecule has 270 valence electrons. The first-order valence-electron chi connectivity index (χ1n) is 16.4. The Morgan fingerprint density at radius 3 is 1.77 bits per heavy atom. The predicted octanol–water partition coefficient (Wildman–Crippen LogP) is 5.68. The van der Waals surface area contributed by atoms with Crippen molar-refractivity contribution in [3.8, 4) is 29.2 Å². The van der Waals surface area contributed by atoms with Gasteiger partial charge in [-0.3, -0.25) is 23.7 Å². The highest BCUT2D eigenvalue weighted by molar-refractivity contribution is 6.33. The number of halogens is 4. The third-order valence-corrected chi connectivity index (χ3v) is 10.9. The van der Waals surface area contributed by atoms with Crippen molar-refractivity contribution < 1.29 is 47.9 Å². The topological polar surface area (TPSA) is 176 Å². The van der Waals surface area contributed by atoms with Crippen molar-refractivity contribution in [2.75, 3.05) is 5.01 Å². The number of amides is 2. The summed E-state index contributed by atoms with van der Waals surface area (Å²) in [6.07, 6.45) is -6.15. The Hall–Kier alpha value is -6.00. The first-order chi connectivity index (χ1) is 25.1. The maximum atomic E-state index is 14.2. The van der Waals surface area contributed by atoms with Gasteiger partial charge in [-0.25, -0.2) is 4.57 Å². The van der Waals surface area contributed by atoms with E-state index in [1.807, 2.05) is 13.8 Å². The molecule has 3 aromatic carbocycles. The van der Waals surface area contributed by atoms with Crippen LogP contribution in [0.3, 0.4) is 0 Å². The zero-order valence-electron chi connectivity index (χ0n) is 27.3. The van der Waals surface area contributed by atoms with Gasteiger partial charge < -0.3 is 25.2 Å². The number of aromatic hydroxyl groups is 4. The number of rotatable bonds is 5. The van der Waals surface area contributed by atoms with Crippen molar-refractivity contribution in [1.82, 2.24) is 13.8 Å². The number of fused-ring (bicyclic) bond motifs is 7. The van der Waals surface area contributed by atoms with Crippen LogP contribution in [0.4, 0.5) is 13.2 Å². The van der Waals surface area contributed by atoms with Crippen molar-refractivity contribution in [1.29, 1.82) is 0 Å². The highest BCUT2D eigenvalue weighted by Crippen LogP contribution is 2.63. The van der Waals surface area contributed by atoms with Crippen LogP contribution in [0.2, 0.25) is 5.02 Å². The van der Waals surface area contributed by atoms with Crippen LogP contribution in [-0.4, -0.2) is 46.1 Å². The Labute approximate surface area is 298 Å². The highest BCUT2D eigenvalue weighted by atomic mass is 35.5. The molecule has 17 heteroatoms. The molecule has 0 spiro atoms. The SMILES string of the molecule is CCC(CC)n1c(O)c2c(c1O)C1OC2C2=C1C(=O)N(n1c(O)c3ccc4c(=O)n(-c5cc(C(F)(F)F)ccc5Cl)c(O)c5ccc(c1=O)c3c54)C2=O. The first kappa shape index (κ1) is 32.9. The Bertz CT molecular complexity index is 2800. The van der Waals surface area contributed by atoms with Crippen molar-refractivity contribution >= 4 is 55.7 Å². The number of carbonyl (C=O) groups is 2. The lowest BCUT2D eigenvalue weighted by molar-refractivity contribution is -0.137. The summed E-state index contributed by atoms with van der Waals surface area (Å²) < 4.78 is 49.1. The van der Waals surface area contributed by atoms with Crippen molar-refractivity contribution in [3.63, 3.8) is 0 Å². The van der Waals surface area contributed by atoms with Gasteiger partial charge in [-0.15, -0.1) is 0 Å². The number of hydrogen-bond acceptors (Lipinski definition) is 9. The minimum Gasteiger partial charge on any atom is -0.494 e. The molecule has 2 unspecified atom stereocenters. The second-order valence-corrected chi connectivity index (χ2v) is 13.5. The highest BCUT2D eigenvalue weighted by Gasteiger charge is 2.60. The molecule has 3 aliphatic heterocycles. The van der Waals surface area contributed by atoms with Crippen LogP contribution in [0, 0.1) is 0 Å². The lowest BCUT2D eigenvalue weighted by Crippen LogP contribution is -2.48. The second-order valence-electron chi connectivity index (χ2n) is 13.1. The van der Waals surface area contributed by atoms with Crippen LogP contribution in [0.5, 0.6) is 23.5 Å². The number of hydrogen-bond donors (Lipinski definition) is 4. The molecule has 3 aliphatic rings. The number of pyridine rings is 2. The lowest BCUT2D eigenvalue weighted by Gasteiger charge is -2.24. The number of nitrogens with zero attached hydrogens (tertiary/aromatic N) is 4. The van der Waals surface area contributed by atoms with E-state index in [-0.39, 0.29) is 77.4 Å². The molecule has 3 aromatic heterocycles. The summed E-state index contributed by atoms with van der Waals surface area (Å²) in [6, 6.07) is 6.89. The molecule has 0 saturated heterocycles. The molecule has 53 heavy (non-hydrogen) atoms. The molecular weight excluding hydrogens is 725 g/mol. The summed E-state index contributed by atoms with van der Waals surface area (Å²) in [6.45, 7) is 3.75. The Kier molecular flexibility index (Phi) is 6.54. The van der Waals surface area contributed by atoms with E-state index in [9.17, 15) is 52.8 Å². The summed E-state index contributed by atoms with van der Waals surface area (Å²) in [5, 5.41) is 44.9. The van der Waals surface area contributed by atoms with Gasteiger partial charge >= 0.3 is 6.18 Å². The molecular formula is C36H24ClF3N4O9. The molecule has 0 saturated carbocycles. The van der Waals surface area contributed by atoms with E-state index in [0.717, 1.165) is 12.1 Å². The molecule has 4 N–H and O–H groups in total. The van der Waals surface area contributed by atoms with E-state index in [1.54, 1.807) is 0 Å². The minimum atomic E-state index is -4.79. The van der Waals surface area contributed by atoms with Gasteiger partial charge in [0.1, 0.15) is 12.2 Å². The summed E-state index contributed by atoms with van der Waals surface area (Å²) in [4.78, 5) is 56.2. The summed E-state index contributed by atoms with van der Waals surface area (Å²) in [5.41, 5.74) is -3.70. The Morgan fingerprint density at radius 2 is 1.25 bits per heavy atom. The van der Waals surface area contributed by atoms with E-state index in [0.29, 0.717) is 33.2 Å². The first-order valence-corrected chi connectivity index (χ1v) is 16.7. The molecule has 0 aliphatic carbocycles. The maximum absolute atomic E-state index is 14.2. The van der Waals surface area contributed by atoms with Crippen LogP contribution in [0.15, 0.2) is 63.2 Å². The molecule has 6 heterocycles. The van der Waals surface area contributed by atoms with Crippen LogP contribution in [0.1, 0.15) is 61.6 Å². The fourth-order valence-corrected chi connectivity index (χ4v) is 8.41. The van der Waals surface area contributed by atoms with E-state index < -0.39 is 64.3 Å². The zero-order chi connectivity index (χ0) is 37.7. The minimum absolute atomic E-state index is 0.0211. The molecule has 2 atom stereocenters. The third kappa shape index (κ3) is 3.91. The van der Waals surface area contributed by atoms with Crippen LogP contribution < -0.4 is 16.1 Å². The quantitative estimate of drug-likeness (QED) is 0.128. The van der Waals surface area contributed by atoms with Crippen molar-refractivity contribution in [2.45, 2.75) is 51.1 Å². The monoisotopic (exact) mass is 748 g/mol. The number of ether oxygens (including phenoxy) is 1. The molecule has 0 radical (unpaired) electrons. The number of carbonyl (C=O) groups excluding carboxylic acids is 2. The average molecular weight is 749 g/mol. The maximum Gasteiger partial charge on any atom is 0.416 e. The van der Waals surface area contributed by atoms with Gasteiger partial charge in [0.25, 0.3) is 22.9 Å². The molecule has 0 fully saturated rings. The number of benzene rings is 3. The summed E-state index contributed by atoms with van der Waals surface area (Å²) >= 11 is 6.22. The van der Waals surface area contributed by atoms with Gasteiger partial charge in [0, 0.05) is 33.0 Å². The number of alkyl halides is 3. The van der Waals surface area contributed by atoms with E-state index in [4.69, 9.17) is 16.3 Å².